The molecule has 148 valence electrons. The Bertz CT molecular complexity index is 729. The van der Waals surface area contributed by atoms with E-state index in [1.165, 1.54) is 6.07 Å². The maximum atomic E-state index is 13.6. The maximum absolute atomic E-state index is 13.6. The number of carbonyl (C=O) groups is 1. The van der Waals surface area contributed by atoms with Crippen LogP contribution in [0.1, 0.15) is 50.5 Å². The average Bonchev–Trinajstić information content (AvgIpc) is 3.01. The number of aliphatic hydroxyl groups is 1. The van der Waals surface area contributed by atoms with Crippen molar-refractivity contribution in [3.8, 4) is 5.75 Å². The average molecular weight is 384 g/mol. The number of phenols is 1. The second-order valence-electron chi connectivity index (χ2n) is 7.25. The number of para-hydroxylation sites is 1. The standard InChI is InChI=1S/C19H23F3N2O3/c20-19(21,22)18(27)12-15(13-6-2-1-3-7-13)23-24(18)17(26)11-10-14-8-4-5-9-16(14)25/h4-5,8-9,13,25,27H,1-3,6-7,10-12H2/t18-/m0/s1. The molecule has 0 radical (unpaired) electrons. The molecule has 0 saturated heterocycles. The number of carbonyl (C=O) groups excluding carboxylic acids is 1. The molecular weight excluding hydrogens is 361 g/mol. The molecule has 1 atom stereocenters. The number of alkyl halides is 3. The number of rotatable bonds is 4. The van der Waals surface area contributed by atoms with Crippen LogP contribution in [-0.4, -0.2) is 38.7 Å². The minimum absolute atomic E-state index is 0.0239. The van der Waals surface area contributed by atoms with Gasteiger partial charge in [0.1, 0.15) is 5.75 Å². The molecule has 27 heavy (non-hydrogen) atoms. The fraction of sp³-hybridized carbons (Fsp3) is 0.579. The molecule has 1 aromatic carbocycles. The van der Waals surface area contributed by atoms with Crippen LogP contribution < -0.4 is 0 Å². The predicted octanol–water partition coefficient (Wildman–Crippen LogP) is 3.74. The predicted molar refractivity (Wildman–Crippen MR) is 92.9 cm³/mol. The summed E-state index contributed by atoms with van der Waals surface area (Å²) in [5.74, 6) is -1.06. The van der Waals surface area contributed by atoms with Gasteiger partial charge in [0.15, 0.2) is 0 Å². The van der Waals surface area contributed by atoms with Crippen LogP contribution in [0.3, 0.4) is 0 Å². The Hall–Kier alpha value is -2.09. The van der Waals surface area contributed by atoms with E-state index in [1.807, 2.05) is 0 Å². The third-order valence-corrected chi connectivity index (χ3v) is 5.37. The zero-order valence-electron chi connectivity index (χ0n) is 14.9. The Morgan fingerprint density at radius 1 is 1.22 bits per heavy atom. The molecule has 1 amide bonds. The first-order valence-corrected chi connectivity index (χ1v) is 9.19. The molecule has 1 aromatic rings. The molecule has 1 heterocycles. The summed E-state index contributed by atoms with van der Waals surface area (Å²) in [7, 11) is 0. The third-order valence-electron chi connectivity index (χ3n) is 5.37. The van der Waals surface area contributed by atoms with Crippen LogP contribution in [0.5, 0.6) is 5.75 Å². The first kappa shape index (κ1) is 19.7. The highest BCUT2D eigenvalue weighted by Crippen LogP contribution is 2.43. The zero-order chi connectivity index (χ0) is 19.7. The SMILES string of the molecule is O=C(CCc1ccccc1O)N1N=C(C2CCCCC2)C[C@]1(O)C(F)(F)F. The number of aryl methyl sites for hydroxylation is 1. The highest BCUT2D eigenvalue weighted by molar-refractivity contribution is 5.92. The summed E-state index contributed by atoms with van der Waals surface area (Å²) in [5.41, 5.74) is -2.59. The maximum Gasteiger partial charge on any atom is 0.438 e. The van der Waals surface area contributed by atoms with Gasteiger partial charge < -0.3 is 10.2 Å². The number of hydrogen-bond acceptors (Lipinski definition) is 4. The second kappa shape index (κ2) is 7.50. The van der Waals surface area contributed by atoms with Crippen molar-refractivity contribution in [1.82, 2.24) is 5.01 Å². The lowest BCUT2D eigenvalue weighted by Crippen LogP contribution is -2.56. The van der Waals surface area contributed by atoms with Crippen molar-refractivity contribution in [2.75, 3.05) is 0 Å². The van der Waals surface area contributed by atoms with Crippen LogP contribution in [0.2, 0.25) is 0 Å². The van der Waals surface area contributed by atoms with Crippen molar-refractivity contribution in [2.24, 2.45) is 11.0 Å². The fourth-order valence-electron chi connectivity index (χ4n) is 3.79. The Balaban J connectivity index is 1.78. The summed E-state index contributed by atoms with van der Waals surface area (Å²) in [6, 6.07) is 6.32. The molecule has 0 aromatic heterocycles. The summed E-state index contributed by atoms with van der Waals surface area (Å²) in [5, 5.41) is 24.2. The lowest BCUT2D eigenvalue weighted by molar-refractivity contribution is -0.302. The summed E-state index contributed by atoms with van der Waals surface area (Å²) >= 11 is 0. The third kappa shape index (κ3) is 3.95. The number of halogens is 3. The minimum atomic E-state index is -5.00. The van der Waals surface area contributed by atoms with E-state index in [-0.39, 0.29) is 35.2 Å². The number of hydrogen-bond donors (Lipinski definition) is 2. The van der Waals surface area contributed by atoms with E-state index in [1.54, 1.807) is 18.2 Å². The van der Waals surface area contributed by atoms with Crippen LogP contribution in [0.25, 0.3) is 0 Å². The van der Waals surface area contributed by atoms with Crippen LogP contribution in [-0.2, 0) is 11.2 Å². The molecule has 2 aliphatic rings. The Labute approximate surface area is 155 Å². The van der Waals surface area contributed by atoms with Gasteiger partial charge in [-0.05, 0) is 36.8 Å². The number of phenolic OH excluding ortho intramolecular Hbond substituents is 1. The molecule has 3 rings (SSSR count). The molecular formula is C19H23F3N2O3. The van der Waals surface area contributed by atoms with Crippen LogP contribution in [0.15, 0.2) is 29.4 Å². The first-order valence-electron chi connectivity index (χ1n) is 9.19. The largest absolute Gasteiger partial charge is 0.508 e. The Kier molecular flexibility index (Phi) is 5.46. The zero-order valence-corrected chi connectivity index (χ0v) is 14.9. The molecule has 2 N–H and O–H groups in total. The van der Waals surface area contributed by atoms with Gasteiger partial charge >= 0.3 is 6.18 Å². The number of nitrogens with zero attached hydrogens (tertiary/aromatic N) is 2. The quantitative estimate of drug-likeness (QED) is 0.831. The monoisotopic (exact) mass is 384 g/mol. The normalized spacial score (nSPS) is 24.1. The van der Waals surface area contributed by atoms with Crippen LogP contribution in [0.4, 0.5) is 13.2 Å². The van der Waals surface area contributed by atoms with Gasteiger partial charge in [0.2, 0.25) is 5.91 Å². The molecule has 5 nitrogen and oxygen atoms in total. The summed E-state index contributed by atoms with van der Waals surface area (Å²) < 4.78 is 40.7. The summed E-state index contributed by atoms with van der Waals surface area (Å²) in [6.45, 7) is 0. The first-order chi connectivity index (χ1) is 12.7. The molecule has 1 aliphatic carbocycles. The molecule has 1 fully saturated rings. The van der Waals surface area contributed by atoms with E-state index in [0.717, 1.165) is 32.1 Å². The van der Waals surface area contributed by atoms with Gasteiger partial charge in [-0.3, -0.25) is 4.79 Å². The fourth-order valence-corrected chi connectivity index (χ4v) is 3.79. The highest BCUT2D eigenvalue weighted by Gasteiger charge is 2.63. The van der Waals surface area contributed by atoms with Crippen molar-refractivity contribution < 1.29 is 28.2 Å². The van der Waals surface area contributed by atoms with Gasteiger partial charge in [0.05, 0.1) is 0 Å². The summed E-state index contributed by atoms with van der Waals surface area (Å²) in [6.07, 6.45) is -1.61. The van der Waals surface area contributed by atoms with E-state index in [0.29, 0.717) is 5.56 Å². The van der Waals surface area contributed by atoms with Gasteiger partial charge in [-0.25, -0.2) is 0 Å². The Morgan fingerprint density at radius 2 is 1.89 bits per heavy atom. The van der Waals surface area contributed by atoms with Gasteiger partial charge in [-0.2, -0.15) is 23.3 Å². The Morgan fingerprint density at radius 3 is 2.52 bits per heavy atom. The minimum Gasteiger partial charge on any atom is -0.508 e. The number of benzene rings is 1. The van der Waals surface area contributed by atoms with Gasteiger partial charge in [-0.1, -0.05) is 37.5 Å². The molecule has 0 spiro atoms. The van der Waals surface area contributed by atoms with E-state index < -0.39 is 24.2 Å². The lowest BCUT2D eigenvalue weighted by Gasteiger charge is -2.32. The molecule has 0 bridgehead atoms. The highest BCUT2D eigenvalue weighted by atomic mass is 19.4. The smallest absolute Gasteiger partial charge is 0.438 e. The van der Waals surface area contributed by atoms with E-state index >= 15 is 0 Å². The van der Waals surface area contributed by atoms with E-state index in [9.17, 15) is 28.2 Å². The second-order valence-corrected chi connectivity index (χ2v) is 7.25. The van der Waals surface area contributed by atoms with E-state index in [2.05, 4.69) is 5.10 Å². The summed E-state index contributed by atoms with van der Waals surface area (Å²) in [4.78, 5) is 12.5. The van der Waals surface area contributed by atoms with Crippen molar-refractivity contribution >= 4 is 11.6 Å². The number of amides is 1. The van der Waals surface area contributed by atoms with Gasteiger partial charge in [-0.15, -0.1) is 0 Å². The van der Waals surface area contributed by atoms with Crippen molar-refractivity contribution in [2.45, 2.75) is 63.3 Å². The van der Waals surface area contributed by atoms with E-state index in [4.69, 9.17) is 0 Å². The van der Waals surface area contributed by atoms with Crippen molar-refractivity contribution in [3.05, 3.63) is 29.8 Å². The van der Waals surface area contributed by atoms with Gasteiger partial charge in [0.25, 0.3) is 5.72 Å². The van der Waals surface area contributed by atoms with Crippen molar-refractivity contribution in [3.63, 3.8) is 0 Å². The molecule has 1 saturated carbocycles. The van der Waals surface area contributed by atoms with Gasteiger partial charge in [0, 0.05) is 18.6 Å². The van der Waals surface area contributed by atoms with Crippen molar-refractivity contribution in [1.29, 1.82) is 0 Å². The number of hydrazone groups is 1. The molecule has 1 aliphatic heterocycles. The molecule has 8 heteroatoms. The molecule has 0 unspecified atom stereocenters. The van der Waals surface area contributed by atoms with Crippen LogP contribution in [0, 0.1) is 5.92 Å². The number of aromatic hydroxyl groups is 1. The lowest BCUT2D eigenvalue weighted by atomic mass is 9.83. The topological polar surface area (TPSA) is 73.1 Å². The van der Waals surface area contributed by atoms with Crippen LogP contribution >= 0.6 is 0 Å².